The number of carbonyl (C=O) groups excluding carboxylic acids is 1. The molecule has 0 saturated carbocycles. The predicted octanol–water partition coefficient (Wildman–Crippen LogP) is 4.72. The van der Waals surface area contributed by atoms with Gasteiger partial charge in [0.05, 0.1) is 17.9 Å². The fraction of sp³-hybridized carbons (Fsp3) is 0.304. The van der Waals surface area contributed by atoms with Crippen LogP contribution in [0.3, 0.4) is 0 Å². The van der Waals surface area contributed by atoms with Crippen molar-refractivity contribution in [2.24, 2.45) is 4.99 Å². The largest absolute Gasteiger partial charge is 0.490 e. The van der Waals surface area contributed by atoms with E-state index in [9.17, 15) is 13.2 Å². The van der Waals surface area contributed by atoms with Crippen molar-refractivity contribution in [2.75, 3.05) is 12.9 Å². The van der Waals surface area contributed by atoms with Gasteiger partial charge in [-0.25, -0.2) is 9.79 Å². The highest BCUT2D eigenvalue weighted by Gasteiger charge is 2.25. The van der Waals surface area contributed by atoms with Crippen molar-refractivity contribution in [2.45, 2.75) is 33.1 Å². The van der Waals surface area contributed by atoms with E-state index in [4.69, 9.17) is 25.3 Å². The van der Waals surface area contributed by atoms with E-state index in [2.05, 4.69) is 25.8 Å². The Labute approximate surface area is 192 Å². The minimum absolute atomic E-state index is 0.00226. The van der Waals surface area contributed by atoms with Gasteiger partial charge in [0, 0.05) is 5.56 Å². The number of esters is 1. The van der Waals surface area contributed by atoms with Crippen LogP contribution in [0.2, 0.25) is 5.02 Å². The third kappa shape index (κ3) is 5.69. The molecule has 0 atom stereocenters. The van der Waals surface area contributed by atoms with Crippen LogP contribution in [-0.2, 0) is 25.1 Å². The maximum absolute atomic E-state index is 12.4. The summed E-state index contributed by atoms with van der Waals surface area (Å²) in [7, 11) is -3.81. The van der Waals surface area contributed by atoms with Crippen molar-refractivity contribution in [3.05, 3.63) is 63.8 Å². The number of halogens is 1. The Kier molecular flexibility index (Phi) is 6.67. The predicted molar refractivity (Wildman–Crippen MR) is 124 cm³/mol. The molecule has 0 spiro atoms. The second-order valence-corrected chi connectivity index (χ2v) is 10.2. The highest BCUT2D eigenvalue weighted by Crippen LogP contribution is 2.38. The fourth-order valence-electron chi connectivity index (χ4n) is 2.97. The minimum Gasteiger partial charge on any atom is -0.490 e. The summed E-state index contributed by atoms with van der Waals surface area (Å²) in [5.41, 5.74) is 2.38. The third-order valence-electron chi connectivity index (χ3n) is 4.49. The lowest BCUT2D eigenvalue weighted by molar-refractivity contribution is -0.129. The molecule has 0 aliphatic carbocycles. The molecule has 1 aliphatic rings. The Morgan fingerprint density at radius 1 is 1.16 bits per heavy atom. The van der Waals surface area contributed by atoms with Crippen LogP contribution in [0.5, 0.6) is 11.5 Å². The molecule has 0 N–H and O–H groups in total. The van der Waals surface area contributed by atoms with Gasteiger partial charge in [0.15, 0.2) is 11.4 Å². The van der Waals surface area contributed by atoms with Crippen LogP contribution in [0.1, 0.15) is 44.4 Å². The summed E-state index contributed by atoms with van der Waals surface area (Å²) in [6.07, 6.45) is 2.39. The first-order valence-corrected chi connectivity index (χ1v) is 12.1. The number of nitrogens with zero attached hydrogens (tertiary/aromatic N) is 1. The molecule has 3 rings (SSSR count). The Balaban J connectivity index is 1.95. The van der Waals surface area contributed by atoms with Crippen molar-refractivity contribution < 1.29 is 26.9 Å². The average molecular weight is 478 g/mol. The van der Waals surface area contributed by atoms with E-state index in [0.717, 1.165) is 11.8 Å². The Morgan fingerprint density at radius 3 is 2.38 bits per heavy atom. The van der Waals surface area contributed by atoms with Gasteiger partial charge < -0.3 is 13.7 Å². The lowest BCUT2D eigenvalue weighted by Crippen LogP contribution is -2.11. The van der Waals surface area contributed by atoms with E-state index in [1.165, 1.54) is 18.2 Å². The van der Waals surface area contributed by atoms with Crippen LogP contribution >= 0.6 is 11.6 Å². The summed E-state index contributed by atoms with van der Waals surface area (Å²) in [6.45, 7) is 8.34. The van der Waals surface area contributed by atoms with Crippen molar-refractivity contribution >= 4 is 39.7 Å². The molecule has 0 aromatic heterocycles. The highest BCUT2D eigenvalue weighted by atomic mass is 35.5. The smallest absolute Gasteiger partial charge is 0.363 e. The molecular weight excluding hydrogens is 454 g/mol. The van der Waals surface area contributed by atoms with E-state index in [-0.39, 0.29) is 40.1 Å². The molecule has 9 heteroatoms. The van der Waals surface area contributed by atoms with Gasteiger partial charge in [0.2, 0.25) is 11.6 Å². The molecular formula is C23H24ClNO6S. The fourth-order valence-corrected chi connectivity index (χ4v) is 3.75. The zero-order chi connectivity index (χ0) is 23.7. The quantitative estimate of drug-likeness (QED) is 0.339. The van der Waals surface area contributed by atoms with E-state index < -0.39 is 16.1 Å². The van der Waals surface area contributed by atoms with Gasteiger partial charge in [-0.3, -0.25) is 0 Å². The average Bonchev–Trinajstić information content (AvgIpc) is 3.04. The Hall–Kier alpha value is -2.84. The molecule has 0 saturated heterocycles. The van der Waals surface area contributed by atoms with E-state index in [1.807, 2.05) is 24.3 Å². The summed E-state index contributed by atoms with van der Waals surface area (Å²) in [6, 6.07) is 10.6. The molecule has 0 unspecified atom stereocenters. The number of hydrogen-bond acceptors (Lipinski definition) is 7. The van der Waals surface area contributed by atoms with Crippen LogP contribution in [0.4, 0.5) is 0 Å². The van der Waals surface area contributed by atoms with Crippen LogP contribution in [0.25, 0.3) is 6.08 Å². The Bertz CT molecular complexity index is 1210. The molecule has 2 aromatic rings. The second-order valence-electron chi connectivity index (χ2n) is 8.21. The van der Waals surface area contributed by atoms with Crippen LogP contribution in [0, 0.1) is 0 Å². The molecule has 2 aromatic carbocycles. The van der Waals surface area contributed by atoms with Crippen LogP contribution < -0.4 is 8.92 Å². The summed E-state index contributed by atoms with van der Waals surface area (Å²) in [4.78, 5) is 16.7. The molecule has 170 valence electrons. The maximum Gasteiger partial charge on any atom is 0.363 e. The summed E-state index contributed by atoms with van der Waals surface area (Å²) in [5, 5.41) is 0.0153. The topological polar surface area (TPSA) is 91.3 Å². The van der Waals surface area contributed by atoms with Crippen LogP contribution in [0.15, 0.2) is 47.1 Å². The van der Waals surface area contributed by atoms with E-state index in [1.54, 1.807) is 6.92 Å². The number of rotatable bonds is 6. The number of hydrogen-bond donors (Lipinski definition) is 0. The summed E-state index contributed by atoms with van der Waals surface area (Å²) >= 11 is 6.22. The number of cyclic esters (lactones) is 1. The van der Waals surface area contributed by atoms with Gasteiger partial charge in [-0.2, -0.15) is 8.42 Å². The van der Waals surface area contributed by atoms with Gasteiger partial charge in [-0.1, -0.05) is 44.5 Å². The summed E-state index contributed by atoms with van der Waals surface area (Å²) in [5.74, 6) is -0.388. The molecule has 1 aliphatic heterocycles. The molecule has 0 amide bonds. The van der Waals surface area contributed by atoms with Gasteiger partial charge >= 0.3 is 16.1 Å². The van der Waals surface area contributed by atoms with Gasteiger partial charge in [0.25, 0.3) is 0 Å². The molecule has 0 fully saturated rings. The van der Waals surface area contributed by atoms with Crippen molar-refractivity contribution in [3.63, 3.8) is 0 Å². The first-order valence-electron chi connectivity index (χ1n) is 9.86. The maximum atomic E-state index is 12.4. The lowest BCUT2D eigenvalue weighted by Gasteiger charge is -2.18. The third-order valence-corrected chi connectivity index (χ3v) is 5.24. The Morgan fingerprint density at radius 2 is 1.81 bits per heavy atom. The van der Waals surface area contributed by atoms with Gasteiger partial charge in [-0.05, 0) is 53.8 Å². The van der Waals surface area contributed by atoms with Gasteiger partial charge in [-0.15, -0.1) is 0 Å². The zero-order valence-corrected chi connectivity index (χ0v) is 20.0. The molecule has 1 heterocycles. The van der Waals surface area contributed by atoms with Crippen LogP contribution in [-0.4, -0.2) is 33.1 Å². The first-order chi connectivity index (χ1) is 14.9. The van der Waals surface area contributed by atoms with Crippen molar-refractivity contribution in [1.82, 2.24) is 0 Å². The standard InChI is InChI=1S/C23H24ClNO6S/c1-6-29-19-13-14(11-17(24)20(19)31-32(5,27)28)12-18-22(26)30-21(25-18)15-7-9-16(10-8-15)23(2,3)4/h7-13H,6H2,1-5H3. The zero-order valence-electron chi connectivity index (χ0n) is 18.4. The number of ether oxygens (including phenoxy) is 2. The van der Waals surface area contributed by atoms with Gasteiger partial charge in [0.1, 0.15) is 0 Å². The normalized spacial score (nSPS) is 15.5. The van der Waals surface area contributed by atoms with Crippen molar-refractivity contribution in [3.8, 4) is 11.5 Å². The lowest BCUT2D eigenvalue weighted by atomic mass is 9.87. The number of carbonyl (C=O) groups is 1. The molecule has 32 heavy (non-hydrogen) atoms. The van der Waals surface area contributed by atoms with Crippen molar-refractivity contribution in [1.29, 1.82) is 0 Å². The molecule has 0 bridgehead atoms. The molecule has 7 nitrogen and oxygen atoms in total. The number of benzene rings is 2. The number of aliphatic imine (C=N–C) groups is 1. The monoisotopic (exact) mass is 477 g/mol. The SMILES string of the molecule is CCOc1cc(C=C2N=C(c3ccc(C(C)(C)C)cc3)OC2=O)cc(Cl)c1OS(C)(=O)=O. The molecule has 0 radical (unpaired) electrons. The first kappa shape index (κ1) is 23.8. The second kappa shape index (κ2) is 8.96. The van der Waals surface area contributed by atoms with E-state index >= 15 is 0 Å². The minimum atomic E-state index is -3.81. The highest BCUT2D eigenvalue weighted by molar-refractivity contribution is 7.86. The van der Waals surface area contributed by atoms with E-state index in [0.29, 0.717) is 11.1 Å². The summed E-state index contributed by atoms with van der Waals surface area (Å²) < 4.78 is 38.8.